The fraction of sp³-hybridized carbons (Fsp3) is 0.273. The van der Waals surface area contributed by atoms with Gasteiger partial charge in [-0.1, -0.05) is 17.7 Å². The second kappa shape index (κ2) is 5.47. The molecule has 0 aliphatic carbocycles. The molecule has 0 saturated carbocycles. The lowest BCUT2D eigenvalue weighted by atomic mass is 10.2. The minimum Gasteiger partial charge on any atom is -0.341 e. The van der Waals surface area contributed by atoms with Crippen molar-refractivity contribution in [2.24, 2.45) is 0 Å². The standard InChI is InChI=1S/C11H10ClFN2O/c1-15(11(16)4-5-14)7-8-2-3-10(13)9(12)6-8/h2-3,6H,4,7H2,1H3. The number of carbonyl (C=O) groups excluding carboxylic acids is 1. The highest BCUT2D eigenvalue weighted by Crippen LogP contribution is 2.17. The van der Waals surface area contributed by atoms with Crippen LogP contribution in [0.1, 0.15) is 12.0 Å². The molecule has 0 fully saturated rings. The third kappa shape index (κ3) is 3.21. The summed E-state index contributed by atoms with van der Waals surface area (Å²) in [6.45, 7) is 0.306. The van der Waals surface area contributed by atoms with E-state index in [0.29, 0.717) is 6.54 Å². The maximum atomic E-state index is 12.9. The van der Waals surface area contributed by atoms with Gasteiger partial charge in [0, 0.05) is 13.6 Å². The van der Waals surface area contributed by atoms with Crippen molar-refractivity contribution in [2.45, 2.75) is 13.0 Å². The lowest BCUT2D eigenvalue weighted by Gasteiger charge is -2.15. The SMILES string of the molecule is CN(Cc1ccc(F)c(Cl)c1)C(=O)CC#N. The summed E-state index contributed by atoms with van der Waals surface area (Å²) < 4.78 is 12.9. The predicted octanol–water partition coefficient (Wildman–Crippen LogP) is 2.35. The Kier molecular flexibility index (Phi) is 4.27. The van der Waals surface area contributed by atoms with Gasteiger partial charge in [0.05, 0.1) is 11.1 Å². The van der Waals surface area contributed by atoms with Crippen molar-refractivity contribution in [3.63, 3.8) is 0 Å². The monoisotopic (exact) mass is 240 g/mol. The van der Waals surface area contributed by atoms with Crippen LogP contribution in [0.15, 0.2) is 18.2 Å². The predicted molar refractivity (Wildman–Crippen MR) is 58.1 cm³/mol. The van der Waals surface area contributed by atoms with Crippen molar-refractivity contribution in [3.05, 3.63) is 34.6 Å². The first-order chi connectivity index (χ1) is 7.54. The third-order valence-electron chi connectivity index (χ3n) is 2.06. The summed E-state index contributed by atoms with van der Waals surface area (Å²) >= 11 is 5.61. The van der Waals surface area contributed by atoms with Crippen LogP contribution in [0.4, 0.5) is 4.39 Å². The van der Waals surface area contributed by atoms with Gasteiger partial charge in [-0.2, -0.15) is 5.26 Å². The minimum atomic E-state index is -0.489. The summed E-state index contributed by atoms with van der Waals surface area (Å²) in [4.78, 5) is 12.7. The van der Waals surface area contributed by atoms with E-state index in [1.165, 1.54) is 17.0 Å². The molecule has 0 atom stereocenters. The molecular weight excluding hydrogens is 231 g/mol. The van der Waals surface area contributed by atoms with Crippen molar-refractivity contribution >= 4 is 17.5 Å². The third-order valence-corrected chi connectivity index (χ3v) is 2.35. The highest BCUT2D eigenvalue weighted by molar-refractivity contribution is 6.30. The van der Waals surface area contributed by atoms with Gasteiger partial charge in [0.15, 0.2) is 0 Å². The second-order valence-electron chi connectivity index (χ2n) is 3.33. The van der Waals surface area contributed by atoms with Gasteiger partial charge in [-0.05, 0) is 17.7 Å². The molecule has 84 valence electrons. The van der Waals surface area contributed by atoms with Crippen LogP contribution in [-0.4, -0.2) is 17.9 Å². The molecule has 0 bridgehead atoms. The van der Waals surface area contributed by atoms with Crippen molar-refractivity contribution < 1.29 is 9.18 Å². The molecule has 0 N–H and O–H groups in total. The second-order valence-corrected chi connectivity index (χ2v) is 3.74. The summed E-state index contributed by atoms with van der Waals surface area (Å²) in [5.74, 6) is -0.764. The average molecular weight is 241 g/mol. The summed E-state index contributed by atoms with van der Waals surface area (Å²) in [6.07, 6.45) is -0.161. The number of hydrogen-bond acceptors (Lipinski definition) is 2. The molecule has 0 aromatic heterocycles. The van der Waals surface area contributed by atoms with Gasteiger partial charge >= 0.3 is 0 Å². The normalized spacial score (nSPS) is 9.62. The van der Waals surface area contributed by atoms with E-state index in [0.717, 1.165) is 5.56 Å². The van der Waals surface area contributed by atoms with Crippen molar-refractivity contribution in [1.29, 1.82) is 5.26 Å². The largest absolute Gasteiger partial charge is 0.341 e. The zero-order chi connectivity index (χ0) is 12.1. The lowest BCUT2D eigenvalue weighted by Crippen LogP contribution is -2.25. The maximum absolute atomic E-state index is 12.9. The summed E-state index contributed by atoms with van der Waals surface area (Å²) in [7, 11) is 1.58. The van der Waals surface area contributed by atoms with E-state index in [-0.39, 0.29) is 17.4 Å². The number of rotatable bonds is 3. The lowest BCUT2D eigenvalue weighted by molar-refractivity contribution is -0.129. The highest BCUT2D eigenvalue weighted by atomic mass is 35.5. The van der Waals surface area contributed by atoms with Gasteiger partial charge in [0.25, 0.3) is 0 Å². The molecule has 16 heavy (non-hydrogen) atoms. The molecule has 0 saturated heterocycles. The van der Waals surface area contributed by atoms with Crippen LogP contribution in [0, 0.1) is 17.1 Å². The Labute approximate surface area is 98.0 Å². The number of nitriles is 1. The number of halogens is 2. The quantitative estimate of drug-likeness (QED) is 0.814. The highest BCUT2D eigenvalue weighted by Gasteiger charge is 2.09. The first kappa shape index (κ1) is 12.5. The Bertz CT molecular complexity index is 442. The Morgan fingerprint density at radius 3 is 2.88 bits per heavy atom. The van der Waals surface area contributed by atoms with Gasteiger partial charge in [-0.3, -0.25) is 4.79 Å². The zero-order valence-electron chi connectivity index (χ0n) is 8.70. The van der Waals surface area contributed by atoms with E-state index in [1.807, 2.05) is 0 Å². The number of amides is 1. The minimum absolute atomic E-state index is 0.0265. The molecule has 0 heterocycles. The van der Waals surface area contributed by atoms with E-state index < -0.39 is 5.82 Å². The molecule has 0 radical (unpaired) electrons. The Morgan fingerprint density at radius 1 is 1.62 bits per heavy atom. The van der Waals surface area contributed by atoms with Gasteiger partial charge in [0.1, 0.15) is 12.2 Å². The summed E-state index contributed by atoms with van der Waals surface area (Å²) in [5, 5.41) is 8.39. The molecule has 0 aliphatic heterocycles. The van der Waals surface area contributed by atoms with E-state index in [4.69, 9.17) is 16.9 Å². The van der Waals surface area contributed by atoms with E-state index >= 15 is 0 Å². The fourth-order valence-electron chi connectivity index (χ4n) is 1.20. The van der Waals surface area contributed by atoms with Gasteiger partial charge in [-0.25, -0.2) is 4.39 Å². The van der Waals surface area contributed by atoms with E-state index in [2.05, 4.69) is 0 Å². The Balaban J connectivity index is 2.70. The first-order valence-corrected chi connectivity index (χ1v) is 4.97. The maximum Gasteiger partial charge on any atom is 0.236 e. The Morgan fingerprint density at radius 2 is 2.31 bits per heavy atom. The van der Waals surface area contributed by atoms with Crippen molar-refractivity contribution in [2.75, 3.05) is 7.05 Å². The zero-order valence-corrected chi connectivity index (χ0v) is 9.46. The van der Waals surface area contributed by atoms with Gasteiger partial charge in [-0.15, -0.1) is 0 Å². The first-order valence-electron chi connectivity index (χ1n) is 4.59. The molecule has 0 aliphatic rings. The Hall–Kier alpha value is -1.60. The van der Waals surface area contributed by atoms with Crippen molar-refractivity contribution in [1.82, 2.24) is 4.90 Å². The van der Waals surface area contributed by atoms with Crippen LogP contribution in [0.2, 0.25) is 5.02 Å². The number of hydrogen-bond donors (Lipinski definition) is 0. The van der Waals surface area contributed by atoms with Crippen LogP contribution < -0.4 is 0 Å². The van der Waals surface area contributed by atoms with E-state index in [9.17, 15) is 9.18 Å². The molecule has 0 unspecified atom stereocenters. The van der Waals surface area contributed by atoms with Crippen molar-refractivity contribution in [3.8, 4) is 6.07 Å². The molecule has 3 nitrogen and oxygen atoms in total. The number of nitrogens with zero attached hydrogens (tertiary/aromatic N) is 2. The molecular formula is C11H10ClFN2O. The number of benzene rings is 1. The van der Waals surface area contributed by atoms with Crippen LogP contribution in [0.5, 0.6) is 0 Å². The van der Waals surface area contributed by atoms with Crippen LogP contribution in [-0.2, 0) is 11.3 Å². The molecule has 0 spiro atoms. The van der Waals surface area contributed by atoms with E-state index in [1.54, 1.807) is 19.2 Å². The summed E-state index contributed by atoms with van der Waals surface area (Å²) in [5.41, 5.74) is 0.722. The van der Waals surface area contributed by atoms with Crippen LogP contribution in [0.3, 0.4) is 0 Å². The smallest absolute Gasteiger partial charge is 0.236 e. The van der Waals surface area contributed by atoms with Crippen LogP contribution >= 0.6 is 11.6 Å². The fourth-order valence-corrected chi connectivity index (χ4v) is 1.41. The topological polar surface area (TPSA) is 44.1 Å². The molecule has 1 rings (SSSR count). The number of carbonyl (C=O) groups is 1. The molecule has 1 amide bonds. The average Bonchev–Trinajstić information content (AvgIpc) is 2.24. The molecule has 1 aromatic rings. The van der Waals surface area contributed by atoms with Gasteiger partial charge in [0.2, 0.25) is 5.91 Å². The molecule has 5 heteroatoms. The van der Waals surface area contributed by atoms with Gasteiger partial charge < -0.3 is 4.90 Å². The van der Waals surface area contributed by atoms with Crippen LogP contribution in [0.25, 0.3) is 0 Å². The molecule has 1 aromatic carbocycles. The summed E-state index contributed by atoms with van der Waals surface area (Å²) in [6, 6.07) is 6.05.